The highest BCUT2D eigenvalue weighted by atomic mass is 35.5. The van der Waals surface area contributed by atoms with E-state index in [1.165, 1.54) is 48.5 Å². The van der Waals surface area contributed by atoms with Crippen molar-refractivity contribution in [1.29, 1.82) is 0 Å². The molecule has 6 unspecified atom stereocenters. The van der Waals surface area contributed by atoms with Crippen molar-refractivity contribution in [2.75, 3.05) is 10.3 Å². The Bertz CT molecular complexity index is 2150. The molecule has 1 aromatic heterocycles. The van der Waals surface area contributed by atoms with E-state index in [4.69, 9.17) is 16.0 Å². The number of anilines is 2. The van der Waals surface area contributed by atoms with E-state index in [2.05, 4.69) is 5.43 Å². The van der Waals surface area contributed by atoms with Crippen LogP contribution in [0.5, 0.6) is 0 Å². The van der Waals surface area contributed by atoms with E-state index in [1.807, 2.05) is 6.08 Å². The maximum Gasteiger partial charge on any atom is 0.269 e. The van der Waals surface area contributed by atoms with E-state index in [0.717, 1.165) is 9.91 Å². The van der Waals surface area contributed by atoms with Crippen molar-refractivity contribution in [2.45, 2.75) is 30.8 Å². The van der Waals surface area contributed by atoms with Crippen LogP contribution in [0.3, 0.4) is 0 Å². The summed E-state index contributed by atoms with van der Waals surface area (Å²) >= 11 is 6.30. The Kier molecular flexibility index (Phi) is 7.65. The third-order valence-electron chi connectivity index (χ3n) is 10.7. The van der Waals surface area contributed by atoms with Crippen molar-refractivity contribution in [3.8, 4) is 0 Å². The summed E-state index contributed by atoms with van der Waals surface area (Å²) in [6.07, 6.45) is 2.01. The lowest BCUT2D eigenvalue weighted by atomic mass is 9.50. The Labute approximate surface area is 294 Å². The molecule has 12 nitrogen and oxygen atoms in total. The number of allylic oxidation sites excluding steroid dienone is 2. The first-order valence-electron chi connectivity index (χ1n) is 16.2. The van der Waals surface area contributed by atoms with Gasteiger partial charge in [-0.1, -0.05) is 35.4 Å². The monoisotopic (exact) mass is 710 g/mol. The van der Waals surface area contributed by atoms with Crippen LogP contribution in [-0.4, -0.2) is 38.7 Å². The number of aliphatic hydroxyl groups excluding tert-OH is 1. The topological polar surface area (TPSA) is 163 Å². The Hall–Kier alpha value is -5.66. The zero-order valence-corrected chi connectivity index (χ0v) is 27.3. The van der Waals surface area contributed by atoms with E-state index in [0.29, 0.717) is 16.2 Å². The summed E-state index contributed by atoms with van der Waals surface area (Å²) in [4.78, 5) is 69.7. The average molecular weight is 711 g/mol. The summed E-state index contributed by atoms with van der Waals surface area (Å²) in [6.45, 7) is -0.431. The van der Waals surface area contributed by atoms with Crippen LogP contribution in [-0.2, 0) is 31.2 Å². The zero-order valence-electron chi connectivity index (χ0n) is 26.6. The van der Waals surface area contributed by atoms with E-state index >= 15 is 4.79 Å². The lowest BCUT2D eigenvalue weighted by Gasteiger charge is -2.49. The number of nitro benzene ring substituents is 1. The van der Waals surface area contributed by atoms with Crippen molar-refractivity contribution in [3.05, 3.63) is 135 Å². The number of carbonyl (C=O) groups excluding carboxylic acids is 4. The molecule has 8 rings (SSSR count). The minimum absolute atomic E-state index is 0.0129. The van der Waals surface area contributed by atoms with Gasteiger partial charge in [0.05, 0.1) is 40.0 Å². The fourth-order valence-electron chi connectivity index (χ4n) is 8.58. The van der Waals surface area contributed by atoms with Crippen LogP contribution >= 0.6 is 11.6 Å². The molecule has 2 aliphatic heterocycles. The molecule has 3 fully saturated rings. The van der Waals surface area contributed by atoms with Crippen molar-refractivity contribution in [2.24, 2.45) is 23.7 Å². The molecule has 3 aromatic carbocycles. The van der Waals surface area contributed by atoms with Gasteiger partial charge < -0.3 is 9.52 Å². The number of nitrogens with zero attached hydrogens (tertiary/aromatic N) is 3. The van der Waals surface area contributed by atoms with Crippen LogP contribution in [0.15, 0.2) is 101 Å². The summed E-state index contributed by atoms with van der Waals surface area (Å²) < 4.78 is 20.0. The highest BCUT2D eigenvalue weighted by Gasteiger charge is 2.71. The molecule has 2 N–H and O–H groups in total. The first kappa shape index (κ1) is 32.5. The fraction of sp³-hybridized carbons (Fsp3) is 0.243. The van der Waals surface area contributed by atoms with E-state index < -0.39 is 76.0 Å². The molecule has 4 amide bonds. The molecule has 51 heavy (non-hydrogen) atoms. The molecule has 0 radical (unpaired) electrons. The van der Waals surface area contributed by atoms with Gasteiger partial charge in [-0.05, 0) is 85.0 Å². The van der Waals surface area contributed by atoms with Crippen LogP contribution in [0.1, 0.15) is 35.8 Å². The van der Waals surface area contributed by atoms with Crippen molar-refractivity contribution < 1.29 is 38.0 Å². The average Bonchev–Trinajstić information content (AvgIpc) is 3.77. The number of carbonyl (C=O) groups is 4. The number of hydrogen-bond donors (Lipinski definition) is 2. The molecular weight excluding hydrogens is 683 g/mol. The van der Waals surface area contributed by atoms with Crippen molar-refractivity contribution >= 4 is 52.3 Å². The maximum absolute atomic E-state index is 15.1. The number of hydrogen-bond acceptors (Lipinski definition) is 9. The van der Waals surface area contributed by atoms with Crippen molar-refractivity contribution in [1.82, 2.24) is 5.01 Å². The number of halogens is 2. The number of non-ortho nitro benzene ring substituents is 1. The molecule has 4 aliphatic rings. The number of nitro groups is 1. The highest BCUT2D eigenvalue weighted by molar-refractivity contribution is 6.30. The molecule has 0 spiro atoms. The lowest BCUT2D eigenvalue weighted by Crippen LogP contribution is -2.53. The summed E-state index contributed by atoms with van der Waals surface area (Å²) in [7, 11) is 0. The van der Waals surface area contributed by atoms with Gasteiger partial charge in [0.1, 0.15) is 29.4 Å². The standard InChI is InChI=1S/C37H28ClFN4O8/c38-20-3-1-19(2-4-20)37-29(34(46)42(36(37)48)40-22-7-5-21(39)6-8-22)17-28-26(32(37)30-16-13-25(18-44)51-30)14-15-27-31(28)35(47)41(33(27)45)23-9-11-24(12-10-23)43(49)50/h1-14,16,27-29,31-32,40,44H,15,17-18H2. The number of furan rings is 1. The minimum atomic E-state index is -1.63. The lowest BCUT2D eigenvalue weighted by molar-refractivity contribution is -0.384. The molecule has 6 atom stereocenters. The first-order valence-corrected chi connectivity index (χ1v) is 16.6. The van der Waals surface area contributed by atoms with Crippen molar-refractivity contribution in [3.63, 3.8) is 0 Å². The highest BCUT2D eigenvalue weighted by Crippen LogP contribution is 2.64. The number of amides is 4. The molecule has 2 saturated heterocycles. The molecule has 3 heterocycles. The van der Waals surface area contributed by atoms with Crippen LogP contribution in [0.25, 0.3) is 0 Å². The molecule has 1 saturated carbocycles. The third kappa shape index (κ3) is 4.83. The largest absolute Gasteiger partial charge is 0.463 e. The number of benzene rings is 3. The molecule has 14 heteroatoms. The summed E-state index contributed by atoms with van der Waals surface area (Å²) in [6, 6.07) is 20.1. The van der Waals surface area contributed by atoms with Crippen LogP contribution < -0.4 is 10.3 Å². The van der Waals surface area contributed by atoms with Gasteiger partial charge in [-0.3, -0.25) is 39.6 Å². The Morgan fingerprint density at radius 2 is 1.63 bits per heavy atom. The van der Waals surface area contributed by atoms with Gasteiger partial charge in [-0.15, -0.1) is 0 Å². The van der Waals surface area contributed by atoms with Gasteiger partial charge in [0.25, 0.3) is 17.5 Å². The second kappa shape index (κ2) is 12.0. The van der Waals surface area contributed by atoms with Gasteiger partial charge >= 0.3 is 0 Å². The minimum Gasteiger partial charge on any atom is -0.463 e. The van der Waals surface area contributed by atoms with Gasteiger partial charge in [0, 0.05) is 17.2 Å². The first-order chi connectivity index (χ1) is 24.5. The van der Waals surface area contributed by atoms with E-state index in [9.17, 15) is 34.0 Å². The molecule has 2 aliphatic carbocycles. The Morgan fingerprint density at radius 1 is 0.922 bits per heavy atom. The normalized spacial score (nSPS) is 26.9. The van der Waals surface area contributed by atoms with Crippen LogP contribution in [0, 0.1) is 39.6 Å². The van der Waals surface area contributed by atoms with Gasteiger partial charge in [-0.25, -0.2) is 4.39 Å². The second-order valence-electron chi connectivity index (χ2n) is 13.1. The molecular formula is C37H28ClFN4O8. The molecule has 4 aromatic rings. The van der Waals surface area contributed by atoms with Gasteiger partial charge in [0.2, 0.25) is 11.8 Å². The number of fused-ring (bicyclic) bond motifs is 4. The van der Waals surface area contributed by atoms with E-state index in [1.54, 1.807) is 36.4 Å². The Morgan fingerprint density at radius 3 is 2.27 bits per heavy atom. The third-order valence-corrected chi connectivity index (χ3v) is 10.9. The quantitative estimate of drug-likeness (QED) is 0.107. The predicted octanol–water partition coefficient (Wildman–Crippen LogP) is 5.66. The molecule has 258 valence electrons. The van der Waals surface area contributed by atoms with Crippen LogP contribution in [0.4, 0.5) is 21.5 Å². The summed E-state index contributed by atoms with van der Waals surface area (Å²) in [5.41, 5.74) is 2.63. The maximum atomic E-state index is 15.1. The Balaban J connectivity index is 1.28. The number of rotatable bonds is 7. The van der Waals surface area contributed by atoms with E-state index in [-0.39, 0.29) is 41.4 Å². The number of nitrogens with one attached hydrogen (secondary N) is 1. The van der Waals surface area contributed by atoms with Gasteiger partial charge in [-0.2, -0.15) is 5.01 Å². The summed E-state index contributed by atoms with van der Waals surface area (Å²) in [5.74, 6) is -6.61. The number of hydrazine groups is 1. The second-order valence-corrected chi connectivity index (χ2v) is 13.6. The predicted molar refractivity (Wildman–Crippen MR) is 179 cm³/mol. The van der Waals surface area contributed by atoms with Gasteiger partial charge in [0.15, 0.2) is 0 Å². The SMILES string of the molecule is O=C1C2CC3C(=CCC4C(=O)N(c5ccc([N+](=O)[O-])cc5)C(=O)C43)C(c3ccc(CO)o3)C2(c2ccc(Cl)cc2)C(=O)N1Nc1ccc(F)cc1. The molecule has 0 bridgehead atoms. The summed E-state index contributed by atoms with van der Waals surface area (Å²) in [5, 5.41) is 22.6. The fourth-order valence-corrected chi connectivity index (χ4v) is 8.70. The zero-order chi connectivity index (χ0) is 35.8. The number of imide groups is 2. The van der Waals surface area contributed by atoms with Crippen LogP contribution in [0.2, 0.25) is 5.02 Å². The smallest absolute Gasteiger partial charge is 0.269 e. The number of aliphatic hydroxyl groups is 1.